The van der Waals surface area contributed by atoms with Gasteiger partial charge in [0.15, 0.2) is 0 Å². The fourth-order valence-electron chi connectivity index (χ4n) is 1.35. The number of hydrogen-bond acceptors (Lipinski definition) is 3. The first-order chi connectivity index (χ1) is 8.01. The van der Waals surface area contributed by atoms with Gasteiger partial charge in [-0.05, 0) is 21.5 Å². The van der Waals surface area contributed by atoms with Crippen LogP contribution in [0.15, 0.2) is 10.8 Å². The highest BCUT2D eigenvalue weighted by Gasteiger charge is 2.22. The number of aromatic nitrogens is 1. The summed E-state index contributed by atoms with van der Waals surface area (Å²) in [5.74, 6) is -0.582. The Labute approximate surface area is 114 Å². The van der Waals surface area contributed by atoms with Crippen LogP contribution in [0.5, 0.6) is 0 Å². The molecule has 3 nitrogen and oxygen atoms in total. The van der Waals surface area contributed by atoms with Gasteiger partial charge in [0.2, 0.25) is 0 Å². The van der Waals surface area contributed by atoms with Gasteiger partial charge in [0.25, 0.3) is 6.43 Å². The number of carbonyl (C=O) groups excluding carboxylic acids is 1. The van der Waals surface area contributed by atoms with E-state index in [0.29, 0.717) is 5.56 Å². The van der Waals surface area contributed by atoms with Crippen molar-refractivity contribution in [3.8, 4) is 0 Å². The SMILES string of the molecule is COC(=O)Cc1c(Br)ncc(CBr)c1C(F)F. The van der Waals surface area contributed by atoms with E-state index in [2.05, 4.69) is 41.6 Å². The zero-order valence-corrected chi connectivity index (χ0v) is 12.0. The molecule has 0 fully saturated rings. The van der Waals surface area contributed by atoms with Gasteiger partial charge in [0, 0.05) is 22.7 Å². The highest BCUT2D eigenvalue weighted by Crippen LogP contribution is 2.32. The van der Waals surface area contributed by atoms with Gasteiger partial charge in [-0.2, -0.15) is 0 Å². The Morgan fingerprint density at radius 1 is 1.59 bits per heavy atom. The molecule has 1 heterocycles. The molecule has 0 aliphatic heterocycles. The minimum absolute atomic E-state index is 0.170. The van der Waals surface area contributed by atoms with Crippen LogP contribution in [0.25, 0.3) is 0 Å². The molecule has 0 bridgehead atoms. The minimum Gasteiger partial charge on any atom is -0.469 e. The molecule has 0 aliphatic rings. The number of carbonyl (C=O) groups is 1. The normalized spacial score (nSPS) is 10.7. The minimum atomic E-state index is -2.67. The van der Waals surface area contributed by atoms with Crippen molar-refractivity contribution in [3.05, 3.63) is 27.5 Å². The van der Waals surface area contributed by atoms with Gasteiger partial charge in [-0.15, -0.1) is 0 Å². The van der Waals surface area contributed by atoms with E-state index in [4.69, 9.17) is 0 Å². The van der Waals surface area contributed by atoms with Crippen molar-refractivity contribution in [3.63, 3.8) is 0 Å². The molecule has 0 unspecified atom stereocenters. The molecule has 1 rings (SSSR count). The average molecular weight is 373 g/mol. The van der Waals surface area contributed by atoms with Crippen LogP contribution in [0.4, 0.5) is 8.78 Å². The van der Waals surface area contributed by atoms with E-state index in [9.17, 15) is 13.6 Å². The largest absolute Gasteiger partial charge is 0.469 e. The summed E-state index contributed by atoms with van der Waals surface area (Å²) in [6.45, 7) is 0. The summed E-state index contributed by atoms with van der Waals surface area (Å²) >= 11 is 6.18. The zero-order valence-electron chi connectivity index (χ0n) is 8.84. The summed E-state index contributed by atoms with van der Waals surface area (Å²) < 4.78 is 30.7. The quantitative estimate of drug-likeness (QED) is 0.462. The summed E-state index contributed by atoms with van der Waals surface area (Å²) in [4.78, 5) is 15.1. The maximum atomic E-state index is 13.0. The molecule has 17 heavy (non-hydrogen) atoms. The predicted molar refractivity (Wildman–Crippen MR) is 65.2 cm³/mol. The number of esters is 1. The summed E-state index contributed by atoms with van der Waals surface area (Å²) in [6.07, 6.45) is -1.55. The van der Waals surface area contributed by atoms with Gasteiger partial charge in [0.05, 0.1) is 13.5 Å². The van der Waals surface area contributed by atoms with Crippen LogP contribution < -0.4 is 0 Å². The molecule has 0 aliphatic carbocycles. The van der Waals surface area contributed by atoms with E-state index in [1.54, 1.807) is 0 Å². The lowest BCUT2D eigenvalue weighted by atomic mass is 10.0. The Morgan fingerprint density at radius 2 is 2.24 bits per heavy atom. The van der Waals surface area contributed by atoms with Gasteiger partial charge in [-0.3, -0.25) is 4.79 Å². The fourth-order valence-corrected chi connectivity index (χ4v) is 2.25. The zero-order chi connectivity index (χ0) is 13.0. The number of halogens is 4. The number of ether oxygens (including phenoxy) is 1. The molecular weight excluding hydrogens is 364 g/mol. The van der Waals surface area contributed by atoms with Crippen molar-refractivity contribution < 1.29 is 18.3 Å². The van der Waals surface area contributed by atoms with E-state index in [1.807, 2.05) is 0 Å². The van der Waals surface area contributed by atoms with Crippen LogP contribution >= 0.6 is 31.9 Å². The summed E-state index contributed by atoms with van der Waals surface area (Å²) in [5, 5.41) is 0.251. The Bertz CT molecular complexity index is 427. The number of rotatable bonds is 4. The van der Waals surface area contributed by atoms with E-state index in [1.165, 1.54) is 13.3 Å². The van der Waals surface area contributed by atoms with Crippen molar-refractivity contribution in [1.82, 2.24) is 4.98 Å². The van der Waals surface area contributed by atoms with E-state index < -0.39 is 12.4 Å². The first kappa shape index (κ1) is 14.5. The Hall–Kier alpha value is -0.560. The van der Waals surface area contributed by atoms with E-state index in [-0.39, 0.29) is 27.5 Å². The summed E-state index contributed by atoms with van der Waals surface area (Å²) in [7, 11) is 1.21. The fraction of sp³-hybridized carbons (Fsp3) is 0.400. The van der Waals surface area contributed by atoms with Gasteiger partial charge in [-0.1, -0.05) is 15.9 Å². The molecule has 0 N–H and O–H groups in total. The molecule has 0 atom stereocenters. The van der Waals surface area contributed by atoms with Gasteiger partial charge < -0.3 is 4.74 Å². The molecule has 7 heteroatoms. The Kier molecular flexibility index (Phi) is 5.45. The third-order valence-corrected chi connectivity index (χ3v) is 3.45. The van der Waals surface area contributed by atoms with Crippen molar-refractivity contribution in [1.29, 1.82) is 0 Å². The van der Waals surface area contributed by atoms with Crippen LogP contribution in [-0.4, -0.2) is 18.1 Å². The lowest BCUT2D eigenvalue weighted by Crippen LogP contribution is -2.10. The van der Waals surface area contributed by atoms with Crippen molar-refractivity contribution in [2.75, 3.05) is 7.11 Å². The van der Waals surface area contributed by atoms with Crippen molar-refractivity contribution in [2.45, 2.75) is 18.2 Å². The van der Waals surface area contributed by atoms with Crippen LogP contribution in [0, 0.1) is 0 Å². The van der Waals surface area contributed by atoms with Crippen molar-refractivity contribution >= 4 is 37.8 Å². The lowest BCUT2D eigenvalue weighted by molar-refractivity contribution is -0.139. The molecule has 0 aromatic carbocycles. The average Bonchev–Trinajstić information content (AvgIpc) is 2.30. The predicted octanol–water partition coefficient (Wildman–Crippen LogP) is 3.39. The maximum absolute atomic E-state index is 13.0. The molecule has 0 saturated heterocycles. The van der Waals surface area contributed by atoms with Gasteiger partial charge in [0.1, 0.15) is 4.60 Å². The van der Waals surface area contributed by atoms with E-state index in [0.717, 1.165) is 0 Å². The number of methoxy groups -OCH3 is 1. The van der Waals surface area contributed by atoms with E-state index >= 15 is 0 Å². The van der Waals surface area contributed by atoms with Crippen molar-refractivity contribution in [2.24, 2.45) is 0 Å². The molecule has 94 valence electrons. The Morgan fingerprint density at radius 3 is 2.71 bits per heavy atom. The van der Waals surface area contributed by atoms with Gasteiger partial charge in [-0.25, -0.2) is 13.8 Å². The number of hydrogen-bond donors (Lipinski definition) is 0. The summed E-state index contributed by atoms with van der Waals surface area (Å²) in [5.41, 5.74) is 0.361. The number of alkyl halides is 3. The number of nitrogens with zero attached hydrogens (tertiary/aromatic N) is 1. The Balaban J connectivity index is 3.28. The third kappa shape index (κ3) is 3.45. The molecular formula is C10H9Br2F2NO2. The monoisotopic (exact) mass is 371 g/mol. The topological polar surface area (TPSA) is 39.2 Å². The van der Waals surface area contributed by atoms with Crippen LogP contribution in [-0.2, 0) is 21.3 Å². The molecule has 1 aromatic heterocycles. The smallest absolute Gasteiger partial charge is 0.310 e. The van der Waals surface area contributed by atoms with Crippen LogP contribution in [0.2, 0.25) is 0 Å². The molecule has 0 saturated carbocycles. The highest BCUT2D eigenvalue weighted by atomic mass is 79.9. The maximum Gasteiger partial charge on any atom is 0.310 e. The molecule has 1 aromatic rings. The second kappa shape index (κ2) is 6.39. The number of pyridine rings is 1. The second-order valence-electron chi connectivity index (χ2n) is 3.15. The molecule has 0 amide bonds. The highest BCUT2D eigenvalue weighted by molar-refractivity contribution is 9.10. The molecule has 0 radical (unpaired) electrons. The second-order valence-corrected chi connectivity index (χ2v) is 4.47. The third-order valence-electron chi connectivity index (χ3n) is 2.16. The molecule has 0 spiro atoms. The first-order valence-electron chi connectivity index (χ1n) is 4.58. The lowest BCUT2D eigenvalue weighted by Gasteiger charge is -2.13. The van der Waals surface area contributed by atoms with Crippen LogP contribution in [0.3, 0.4) is 0 Å². The van der Waals surface area contributed by atoms with Gasteiger partial charge >= 0.3 is 5.97 Å². The first-order valence-corrected chi connectivity index (χ1v) is 6.49. The summed E-state index contributed by atoms with van der Waals surface area (Å²) in [6, 6.07) is 0. The standard InChI is InChI=1S/C10H9Br2F2NO2/c1-17-7(16)2-6-8(10(13)14)5(3-11)4-15-9(6)12/h4,10H,2-3H2,1H3. The van der Waals surface area contributed by atoms with Crippen LogP contribution in [0.1, 0.15) is 23.1 Å².